The van der Waals surface area contributed by atoms with E-state index in [1.54, 1.807) is 16.7 Å². The van der Waals surface area contributed by atoms with Crippen molar-refractivity contribution in [3.05, 3.63) is 95.7 Å². The summed E-state index contributed by atoms with van der Waals surface area (Å²) in [6.07, 6.45) is 3.98. The summed E-state index contributed by atoms with van der Waals surface area (Å²) in [5, 5.41) is 7.86. The fraction of sp³-hybridized carbons (Fsp3) is 0.303. The Morgan fingerprint density at radius 2 is 1.62 bits per heavy atom. The van der Waals surface area contributed by atoms with E-state index in [2.05, 4.69) is 12.2 Å². The molecule has 0 saturated heterocycles. The average molecular weight is 539 g/mol. The summed E-state index contributed by atoms with van der Waals surface area (Å²) in [5.41, 5.74) is 5.15. The molecule has 40 heavy (non-hydrogen) atoms. The number of carbonyl (C=O) groups is 2. The average Bonchev–Trinajstić information content (AvgIpc) is 3.31. The van der Waals surface area contributed by atoms with Crippen LogP contribution in [0.1, 0.15) is 54.7 Å². The number of hydrogen-bond donors (Lipinski definition) is 1. The lowest BCUT2D eigenvalue weighted by atomic mass is 10.1. The molecule has 4 aromatic rings. The lowest BCUT2D eigenvalue weighted by Crippen LogP contribution is -2.38. The molecule has 0 aliphatic heterocycles. The number of ether oxygens (including phenoxy) is 1. The smallest absolute Gasteiger partial charge is 0.254 e. The fourth-order valence-electron chi connectivity index (χ4n) is 4.75. The number of rotatable bonds is 12. The molecule has 3 aromatic carbocycles. The van der Waals surface area contributed by atoms with Crippen LogP contribution in [0, 0.1) is 6.92 Å². The van der Waals surface area contributed by atoms with Crippen molar-refractivity contribution in [2.75, 3.05) is 25.5 Å². The SMILES string of the molecule is CCCCc1ccc(C(=O)N(CCC)CC(=O)Nc2c(-c3ccccc3)c(C)nn2-c2ccc(OC)cc2)cc1. The highest BCUT2D eigenvalue weighted by Crippen LogP contribution is 2.33. The van der Waals surface area contributed by atoms with Crippen molar-refractivity contribution < 1.29 is 14.3 Å². The highest BCUT2D eigenvalue weighted by Gasteiger charge is 2.23. The second kappa shape index (κ2) is 13.6. The summed E-state index contributed by atoms with van der Waals surface area (Å²) >= 11 is 0. The van der Waals surface area contributed by atoms with Crippen LogP contribution < -0.4 is 10.1 Å². The molecule has 0 spiro atoms. The van der Waals surface area contributed by atoms with Gasteiger partial charge in [-0.25, -0.2) is 4.68 Å². The monoisotopic (exact) mass is 538 g/mol. The predicted molar refractivity (Wildman–Crippen MR) is 160 cm³/mol. The Kier molecular flexibility index (Phi) is 9.73. The summed E-state index contributed by atoms with van der Waals surface area (Å²) in [5.74, 6) is 0.854. The van der Waals surface area contributed by atoms with E-state index >= 15 is 0 Å². The summed E-state index contributed by atoms with van der Waals surface area (Å²) in [4.78, 5) is 28.5. The fourth-order valence-corrected chi connectivity index (χ4v) is 4.75. The third-order valence-corrected chi connectivity index (χ3v) is 6.83. The maximum atomic E-state index is 13.5. The van der Waals surface area contributed by atoms with Gasteiger partial charge in [-0.05, 0) is 73.7 Å². The number of carbonyl (C=O) groups excluding carboxylic acids is 2. The normalized spacial score (nSPS) is 10.8. The van der Waals surface area contributed by atoms with E-state index < -0.39 is 0 Å². The largest absolute Gasteiger partial charge is 0.497 e. The van der Waals surface area contributed by atoms with Crippen LogP contribution in [0.2, 0.25) is 0 Å². The van der Waals surface area contributed by atoms with E-state index in [-0.39, 0.29) is 18.4 Å². The summed E-state index contributed by atoms with van der Waals surface area (Å²) in [6, 6.07) is 25.1. The molecular formula is C33H38N4O3. The third-order valence-electron chi connectivity index (χ3n) is 6.83. The number of aryl methyl sites for hydroxylation is 2. The first kappa shape index (κ1) is 28.6. The highest BCUT2D eigenvalue weighted by atomic mass is 16.5. The number of nitrogens with one attached hydrogen (secondary N) is 1. The van der Waals surface area contributed by atoms with E-state index in [9.17, 15) is 9.59 Å². The standard InChI is InChI=1S/C33H38N4O3/c1-5-7-11-25-14-16-27(17-15-25)33(39)36(22-6-2)23-30(38)34-32-31(26-12-9-8-10-13-26)24(3)35-37(32)28-18-20-29(40-4)21-19-28/h8-10,12-21H,5-7,11,22-23H2,1-4H3,(H,34,38). The maximum absolute atomic E-state index is 13.5. The van der Waals surface area contributed by atoms with Crippen molar-refractivity contribution in [3.63, 3.8) is 0 Å². The van der Waals surface area contributed by atoms with Gasteiger partial charge in [-0.2, -0.15) is 5.10 Å². The van der Waals surface area contributed by atoms with E-state index in [4.69, 9.17) is 9.84 Å². The zero-order valence-corrected chi connectivity index (χ0v) is 23.8. The van der Waals surface area contributed by atoms with Crippen LogP contribution in [-0.4, -0.2) is 46.7 Å². The second-order valence-electron chi connectivity index (χ2n) is 9.86. The van der Waals surface area contributed by atoms with Gasteiger partial charge in [-0.1, -0.05) is 62.7 Å². The van der Waals surface area contributed by atoms with Gasteiger partial charge in [0.15, 0.2) is 0 Å². The van der Waals surface area contributed by atoms with Gasteiger partial charge < -0.3 is 15.0 Å². The van der Waals surface area contributed by atoms with Crippen molar-refractivity contribution in [2.45, 2.75) is 46.5 Å². The molecule has 0 unspecified atom stereocenters. The molecule has 0 bridgehead atoms. The molecule has 1 aromatic heterocycles. The van der Waals surface area contributed by atoms with Gasteiger partial charge in [0.25, 0.3) is 5.91 Å². The Bertz CT molecular complexity index is 1410. The first-order valence-electron chi connectivity index (χ1n) is 13.9. The Hall–Kier alpha value is -4.39. The lowest BCUT2D eigenvalue weighted by molar-refractivity contribution is -0.116. The Balaban J connectivity index is 1.61. The molecule has 1 heterocycles. The van der Waals surface area contributed by atoms with E-state index in [1.165, 1.54) is 5.56 Å². The third kappa shape index (κ3) is 6.78. The van der Waals surface area contributed by atoms with Crippen LogP contribution in [0.15, 0.2) is 78.9 Å². The Morgan fingerprint density at radius 1 is 0.925 bits per heavy atom. The van der Waals surface area contributed by atoms with Crippen molar-refractivity contribution in [1.82, 2.24) is 14.7 Å². The zero-order valence-electron chi connectivity index (χ0n) is 23.8. The molecule has 0 fully saturated rings. The van der Waals surface area contributed by atoms with Crippen LogP contribution in [0.4, 0.5) is 5.82 Å². The van der Waals surface area contributed by atoms with E-state index in [0.29, 0.717) is 17.9 Å². The molecule has 2 amide bonds. The number of anilines is 1. The van der Waals surface area contributed by atoms with Crippen molar-refractivity contribution in [1.29, 1.82) is 0 Å². The molecule has 4 rings (SSSR count). The number of nitrogens with zero attached hydrogens (tertiary/aromatic N) is 3. The van der Waals surface area contributed by atoms with Crippen LogP contribution in [0.25, 0.3) is 16.8 Å². The molecule has 1 N–H and O–H groups in total. The number of methoxy groups -OCH3 is 1. The molecule has 7 nitrogen and oxygen atoms in total. The van der Waals surface area contributed by atoms with Crippen LogP contribution in [-0.2, 0) is 11.2 Å². The molecular weight excluding hydrogens is 500 g/mol. The second-order valence-corrected chi connectivity index (χ2v) is 9.86. The first-order chi connectivity index (χ1) is 19.4. The van der Waals surface area contributed by atoms with Crippen LogP contribution >= 0.6 is 0 Å². The molecule has 0 saturated carbocycles. The Labute approximate surface area is 236 Å². The Morgan fingerprint density at radius 3 is 2.25 bits per heavy atom. The van der Waals surface area contributed by atoms with Gasteiger partial charge >= 0.3 is 0 Å². The minimum atomic E-state index is -0.284. The topological polar surface area (TPSA) is 76.5 Å². The van der Waals surface area contributed by atoms with Gasteiger partial charge in [0.05, 0.1) is 18.5 Å². The minimum Gasteiger partial charge on any atom is -0.497 e. The molecule has 208 valence electrons. The van der Waals surface area contributed by atoms with Gasteiger partial charge in [0.2, 0.25) is 5.91 Å². The van der Waals surface area contributed by atoms with E-state index in [0.717, 1.165) is 53.9 Å². The lowest BCUT2D eigenvalue weighted by Gasteiger charge is -2.22. The van der Waals surface area contributed by atoms with Crippen molar-refractivity contribution in [2.24, 2.45) is 0 Å². The zero-order chi connectivity index (χ0) is 28.5. The molecule has 0 radical (unpaired) electrons. The number of unbranched alkanes of at least 4 members (excludes halogenated alkanes) is 1. The number of hydrogen-bond acceptors (Lipinski definition) is 4. The molecule has 0 aliphatic rings. The predicted octanol–water partition coefficient (Wildman–Crippen LogP) is 6.69. The van der Waals surface area contributed by atoms with Gasteiger partial charge in [-0.15, -0.1) is 0 Å². The maximum Gasteiger partial charge on any atom is 0.254 e. The van der Waals surface area contributed by atoms with E-state index in [1.807, 2.05) is 92.7 Å². The number of benzene rings is 3. The van der Waals surface area contributed by atoms with Gasteiger partial charge in [0, 0.05) is 17.7 Å². The molecule has 0 aliphatic carbocycles. The number of amides is 2. The number of aromatic nitrogens is 2. The molecule has 0 atom stereocenters. The van der Waals surface area contributed by atoms with Crippen LogP contribution in [0.3, 0.4) is 0 Å². The first-order valence-corrected chi connectivity index (χ1v) is 13.9. The van der Waals surface area contributed by atoms with Gasteiger partial charge in [-0.3, -0.25) is 9.59 Å². The van der Waals surface area contributed by atoms with Crippen molar-refractivity contribution in [3.8, 4) is 22.6 Å². The van der Waals surface area contributed by atoms with Gasteiger partial charge in [0.1, 0.15) is 18.1 Å². The summed E-state index contributed by atoms with van der Waals surface area (Å²) in [6.45, 7) is 6.51. The van der Waals surface area contributed by atoms with Crippen LogP contribution in [0.5, 0.6) is 5.75 Å². The minimum absolute atomic E-state index is 0.0642. The summed E-state index contributed by atoms with van der Waals surface area (Å²) < 4.78 is 7.04. The summed E-state index contributed by atoms with van der Waals surface area (Å²) in [7, 11) is 1.62. The highest BCUT2D eigenvalue weighted by molar-refractivity contribution is 6.01. The molecule has 7 heteroatoms. The quantitative estimate of drug-likeness (QED) is 0.218. The van der Waals surface area contributed by atoms with Crippen molar-refractivity contribution >= 4 is 17.6 Å².